The predicted molar refractivity (Wildman–Crippen MR) is 85.8 cm³/mol. The summed E-state index contributed by atoms with van der Waals surface area (Å²) in [7, 11) is 0. The van der Waals surface area contributed by atoms with Gasteiger partial charge in [-0.1, -0.05) is 24.3 Å². The summed E-state index contributed by atoms with van der Waals surface area (Å²) in [5.74, 6) is 0.580. The molecule has 0 amide bonds. The maximum absolute atomic E-state index is 14.0. The largest absolute Gasteiger partial charge is 0.356 e. The van der Waals surface area contributed by atoms with Gasteiger partial charge in [0.1, 0.15) is 0 Å². The Labute approximate surface area is 136 Å². The number of rotatable bonds is 6. The van der Waals surface area contributed by atoms with Crippen LogP contribution in [0.5, 0.6) is 0 Å². The fourth-order valence-corrected chi connectivity index (χ4v) is 3.12. The quantitative estimate of drug-likeness (QED) is 0.654. The lowest BCUT2D eigenvalue weighted by atomic mass is 9.80. The van der Waals surface area contributed by atoms with Crippen molar-refractivity contribution in [2.75, 3.05) is 0 Å². The van der Waals surface area contributed by atoms with E-state index >= 15 is 0 Å². The molecule has 2 nitrogen and oxygen atoms in total. The van der Waals surface area contributed by atoms with E-state index in [1.807, 2.05) is 19.1 Å². The first-order chi connectivity index (χ1) is 11.0. The van der Waals surface area contributed by atoms with Gasteiger partial charge in [-0.2, -0.15) is 14.0 Å². The minimum Gasteiger partial charge on any atom is -0.316 e. The molecule has 0 aliphatic heterocycles. The number of hydrogen-bond acceptors (Lipinski definition) is 2. The van der Waals surface area contributed by atoms with Crippen LogP contribution in [0.2, 0.25) is 0 Å². The lowest BCUT2D eigenvalue weighted by molar-refractivity contribution is -0.256. The Balaban J connectivity index is 1.79. The van der Waals surface area contributed by atoms with E-state index in [0.717, 1.165) is 25.7 Å². The first-order valence-electron chi connectivity index (χ1n) is 8.16. The molecular weight excluding hydrogens is 296 g/mol. The van der Waals surface area contributed by atoms with Crippen LogP contribution in [0.1, 0.15) is 50.2 Å². The second kappa shape index (κ2) is 8.21. The molecule has 0 spiro atoms. The van der Waals surface area contributed by atoms with Gasteiger partial charge in [0, 0.05) is 6.42 Å². The van der Waals surface area contributed by atoms with Crippen LogP contribution in [0.3, 0.4) is 0 Å². The molecule has 0 N–H and O–H groups in total. The van der Waals surface area contributed by atoms with Gasteiger partial charge in [0.25, 0.3) is 0 Å². The number of nitriles is 1. The molecule has 1 aliphatic carbocycles. The van der Waals surface area contributed by atoms with Crippen LogP contribution in [0.4, 0.5) is 8.78 Å². The summed E-state index contributed by atoms with van der Waals surface area (Å²) in [4.78, 5) is 0. The third-order valence-electron chi connectivity index (χ3n) is 4.42. The fraction of sp³-hybridized carbons (Fsp3) is 0.526. The van der Waals surface area contributed by atoms with Crippen LogP contribution in [0.15, 0.2) is 36.4 Å². The van der Waals surface area contributed by atoms with Crippen molar-refractivity contribution in [3.05, 3.63) is 47.5 Å². The van der Waals surface area contributed by atoms with Gasteiger partial charge in [-0.25, -0.2) is 0 Å². The lowest BCUT2D eigenvalue weighted by Crippen LogP contribution is -2.26. The van der Waals surface area contributed by atoms with Gasteiger partial charge in [0.15, 0.2) is 0 Å². The third-order valence-corrected chi connectivity index (χ3v) is 4.42. The number of nitrogens with zero attached hydrogens (tertiary/aromatic N) is 1. The van der Waals surface area contributed by atoms with E-state index in [2.05, 4.69) is 6.08 Å². The van der Waals surface area contributed by atoms with Gasteiger partial charge >= 0.3 is 6.11 Å². The van der Waals surface area contributed by atoms with Crippen molar-refractivity contribution < 1.29 is 13.5 Å². The minimum atomic E-state index is -3.09. The van der Waals surface area contributed by atoms with Gasteiger partial charge in [-0.15, -0.1) is 0 Å². The lowest BCUT2D eigenvalue weighted by Gasteiger charge is -2.29. The summed E-state index contributed by atoms with van der Waals surface area (Å²) in [6.45, 7) is 1.86. The Bertz CT molecular complexity index is 552. The standard InChI is InChI=1S/C19H23F2NO/c1-2-3-15-4-6-16(7-5-15)12-19(20,21)23-14-18-10-8-17(13-22)9-11-18/h2-3,8-11,15-16H,4-7,12,14H2,1H3/b3-2+. The highest BCUT2D eigenvalue weighted by Crippen LogP contribution is 2.37. The molecule has 1 saturated carbocycles. The second-order valence-corrected chi connectivity index (χ2v) is 6.25. The highest BCUT2D eigenvalue weighted by Gasteiger charge is 2.35. The molecule has 1 aromatic rings. The SMILES string of the molecule is C/C=C/C1CCC(CC(F)(F)OCc2ccc(C#N)cc2)CC1. The molecule has 0 unspecified atom stereocenters. The van der Waals surface area contributed by atoms with Crippen LogP contribution in [-0.4, -0.2) is 6.11 Å². The Kier molecular flexibility index (Phi) is 6.29. The normalized spacial score (nSPS) is 22.2. The highest BCUT2D eigenvalue weighted by atomic mass is 19.3. The molecule has 124 valence electrons. The molecule has 0 saturated heterocycles. The predicted octanol–water partition coefficient (Wildman–Crippen LogP) is 5.44. The summed E-state index contributed by atoms with van der Waals surface area (Å²) in [6.07, 6.45) is 4.57. The van der Waals surface area contributed by atoms with Crippen molar-refractivity contribution in [3.8, 4) is 6.07 Å². The van der Waals surface area contributed by atoms with Crippen LogP contribution >= 0.6 is 0 Å². The number of benzene rings is 1. The first kappa shape index (κ1) is 17.6. The van der Waals surface area contributed by atoms with Crippen LogP contribution < -0.4 is 0 Å². The second-order valence-electron chi connectivity index (χ2n) is 6.25. The third kappa shape index (κ3) is 5.76. The summed E-state index contributed by atoms with van der Waals surface area (Å²) in [5, 5.41) is 8.72. The number of alkyl halides is 2. The van der Waals surface area contributed by atoms with E-state index in [9.17, 15) is 8.78 Å². The Hall–Kier alpha value is -1.73. The van der Waals surface area contributed by atoms with Gasteiger partial charge in [-0.3, -0.25) is 0 Å². The number of allylic oxidation sites excluding steroid dienone is 2. The van der Waals surface area contributed by atoms with Crippen LogP contribution in [0.25, 0.3) is 0 Å². The molecular formula is C19H23F2NO. The minimum absolute atomic E-state index is 0.0347. The summed E-state index contributed by atoms with van der Waals surface area (Å²) in [6, 6.07) is 8.52. The van der Waals surface area contributed by atoms with Gasteiger partial charge < -0.3 is 4.74 Å². The summed E-state index contributed by atoms with van der Waals surface area (Å²) in [5.41, 5.74) is 1.17. The van der Waals surface area contributed by atoms with Gasteiger partial charge in [0.05, 0.1) is 18.2 Å². The zero-order chi connectivity index (χ0) is 16.7. The molecule has 0 radical (unpaired) electrons. The molecule has 1 fully saturated rings. The molecule has 0 bridgehead atoms. The smallest absolute Gasteiger partial charge is 0.316 e. The van der Waals surface area contributed by atoms with E-state index in [4.69, 9.17) is 10.00 Å². The van der Waals surface area contributed by atoms with Crippen molar-refractivity contribution in [1.29, 1.82) is 5.26 Å². The van der Waals surface area contributed by atoms with Crippen LogP contribution in [-0.2, 0) is 11.3 Å². The van der Waals surface area contributed by atoms with Crippen LogP contribution in [0, 0.1) is 23.2 Å². The van der Waals surface area contributed by atoms with Gasteiger partial charge in [-0.05, 0) is 62.1 Å². The number of hydrogen-bond donors (Lipinski definition) is 0. The van der Waals surface area contributed by atoms with E-state index in [1.165, 1.54) is 0 Å². The number of ether oxygens (including phenoxy) is 1. The molecule has 0 aromatic heterocycles. The van der Waals surface area contributed by atoms with Crippen molar-refractivity contribution in [2.24, 2.45) is 11.8 Å². The Morgan fingerprint density at radius 2 is 1.87 bits per heavy atom. The molecule has 0 heterocycles. The van der Waals surface area contributed by atoms with Crippen molar-refractivity contribution in [2.45, 2.75) is 51.7 Å². The average Bonchev–Trinajstić information content (AvgIpc) is 2.55. The topological polar surface area (TPSA) is 33.0 Å². The molecule has 4 heteroatoms. The van der Waals surface area contributed by atoms with Crippen molar-refractivity contribution in [3.63, 3.8) is 0 Å². The van der Waals surface area contributed by atoms with Crippen molar-refractivity contribution >= 4 is 0 Å². The molecule has 0 atom stereocenters. The van der Waals surface area contributed by atoms with E-state index in [1.54, 1.807) is 24.3 Å². The maximum atomic E-state index is 14.0. The fourth-order valence-electron chi connectivity index (χ4n) is 3.12. The highest BCUT2D eigenvalue weighted by molar-refractivity contribution is 5.31. The maximum Gasteiger partial charge on any atom is 0.356 e. The zero-order valence-electron chi connectivity index (χ0n) is 13.5. The molecule has 2 rings (SSSR count). The van der Waals surface area contributed by atoms with E-state index in [-0.39, 0.29) is 18.9 Å². The molecule has 23 heavy (non-hydrogen) atoms. The van der Waals surface area contributed by atoms with Gasteiger partial charge in [0.2, 0.25) is 0 Å². The summed E-state index contributed by atoms with van der Waals surface area (Å²) < 4.78 is 32.8. The van der Waals surface area contributed by atoms with E-state index in [0.29, 0.717) is 17.0 Å². The first-order valence-corrected chi connectivity index (χ1v) is 8.16. The Morgan fingerprint density at radius 1 is 1.22 bits per heavy atom. The summed E-state index contributed by atoms with van der Waals surface area (Å²) >= 11 is 0. The number of halogens is 2. The zero-order valence-corrected chi connectivity index (χ0v) is 13.5. The average molecular weight is 319 g/mol. The molecule has 1 aliphatic rings. The van der Waals surface area contributed by atoms with Crippen molar-refractivity contribution in [1.82, 2.24) is 0 Å². The molecule has 1 aromatic carbocycles. The monoisotopic (exact) mass is 319 g/mol. The van der Waals surface area contributed by atoms with E-state index < -0.39 is 6.11 Å². The Morgan fingerprint density at radius 3 is 2.43 bits per heavy atom.